The highest BCUT2D eigenvalue weighted by atomic mass is 16.7. The third-order valence-electron chi connectivity index (χ3n) is 2.63. The molecule has 0 N–H and O–H groups in total. The molecule has 2 rings (SSSR count). The molecule has 1 aromatic carbocycles. The molecule has 86 valence electrons. The van der Waals surface area contributed by atoms with Gasteiger partial charge in [0.2, 0.25) is 0 Å². The van der Waals surface area contributed by atoms with Crippen molar-refractivity contribution in [3.8, 4) is 0 Å². The molecule has 1 aliphatic heterocycles. The van der Waals surface area contributed by atoms with Crippen LogP contribution in [0.1, 0.15) is 29.6 Å². The monoisotopic (exact) mass is 220 g/mol. The van der Waals surface area contributed by atoms with Gasteiger partial charge in [-0.25, -0.2) is 0 Å². The number of ether oxygens (including phenoxy) is 2. The Balaban J connectivity index is 1.79. The number of hydrogen-bond acceptors (Lipinski definition) is 3. The quantitative estimate of drug-likeness (QED) is 0.731. The van der Waals surface area contributed by atoms with Gasteiger partial charge >= 0.3 is 0 Å². The number of ketones is 1. The van der Waals surface area contributed by atoms with E-state index in [1.807, 2.05) is 18.2 Å². The van der Waals surface area contributed by atoms with Gasteiger partial charge in [0.05, 0.1) is 0 Å². The first-order chi connectivity index (χ1) is 7.86. The van der Waals surface area contributed by atoms with E-state index in [4.69, 9.17) is 9.47 Å². The number of carbonyl (C=O) groups is 1. The van der Waals surface area contributed by atoms with Crippen molar-refractivity contribution in [2.24, 2.45) is 0 Å². The zero-order chi connectivity index (χ0) is 11.2. The van der Waals surface area contributed by atoms with Crippen LogP contribution in [-0.2, 0) is 9.47 Å². The molecule has 0 amide bonds. The highest BCUT2D eigenvalue weighted by Crippen LogP contribution is 2.14. The van der Waals surface area contributed by atoms with Gasteiger partial charge in [-0.2, -0.15) is 0 Å². The van der Waals surface area contributed by atoms with Crippen molar-refractivity contribution in [3.63, 3.8) is 0 Å². The third kappa shape index (κ3) is 3.15. The van der Waals surface area contributed by atoms with Crippen LogP contribution in [0.2, 0.25) is 0 Å². The molecule has 0 spiro atoms. The van der Waals surface area contributed by atoms with E-state index in [0.29, 0.717) is 5.56 Å². The summed E-state index contributed by atoms with van der Waals surface area (Å²) in [4.78, 5) is 11.7. The van der Waals surface area contributed by atoms with Crippen molar-refractivity contribution in [2.45, 2.75) is 25.6 Å². The van der Waals surface area contributed by atoms with E-state index in [0.717, 1.165) is 25.9 Å². The second-order valence-electron chi connectivity index (χ2n) is 3.90. The standard InChI is InChI=1S/C13H16O3/c14-12(11-6-2-1-3-7-11)10-16-13-8-4-5-9-15-13/h1-3,6-7,13H,4-5,8-10H2. The second-order valence-corrected chi connectivity index (χ2v) is 3.90. The van der Waals surface area contributed by atoms with Crippen LogP contribution < -0.4 is 0 Å². The number of hydrogen-bond donors (Lipinski definition) is 0. The van der Waals surface area contributed by atoms with Crippen molar-refractivity contribution in [1.82, 2.24) is 0 Å². The van der Waals surface area contributed by atoms with Crippen molar-refractivity contribution >= 4 is 5.78 Å². The molecule has 0 radical (unpaired) electrons. The summed E-state index contributed by atoms with van der Waals surface area (Å²) in [6, 6.07) is 9.19. The fraction of sp³-hybridized carbons (Fsp3) is 0.462. The van der Waals surface area contributed by atoms with E-state index in [1.54, 1.807) is 12.1 Å². The maximum Gasteiger partial charge on any atom is 0.188 e. The van der Waals surface area contributed by atoms with Gasteiger partial charge in [-0.3, -0.25) is 4.79 Å². The molecular weight excluding hydrogens is 204 g/mol. The number of carbonyl (C=O) groups excluding carboxylic acids is 1. The van der Waals surface area contributed by atoms with Crippen LogP contribution in [0, 0.1) is 0 Å². The Morgan fingerprint density at radius 1 is 1.31 bits per heavy atom. The Morgan fingerprint density at radius 2 is 2.12 bits per heavy atom. The van der Waals surface area contributed by atoms with Gasteiger partial charge in [-0.05, 0) is 19.3 Å². The average molecular weight is 220 g/mol. The molecule has 0 saturated carbocycles. The first kappa shape index (κ1) is 11.3. The number of Topliss-reactive ketones (excluding diaryl/α,β-unsaturated/α-hetero) is 1. The summed E-state index contributed by atoms with van der Waals surface area (Å²) >= 11 is 0. The van der Waals surface area contributed by atoms with Gasteiger partial charge in [0, 0.05) is 12.2 Å². The molecular formula is C13H16O3. The lowest BCUT2D eigenvalue weighted by molar-refractivity contribution is -0.155. The summed E-state index contributed by atoms with van der Waals surface area (Å²) in [5.41, 5.74) is 0.693. The number of rotatable bonds is 4. The topological polar surface area (TPSA) is 35.5 Å². The van der Waals surface area contributed by atoms with E-state index in [2.05, 4.69) is 0 Å². The summed E-state index contributed by atoms with van der Waals surface area (Å²) in [5.74, 6) is 0.00905. The summed E-state index contributed by atoms with van der Waals surface area (Å²) in [6.07, 6.45) is 2.90. The third-order valence-corrected chi connectivity index (χ3v) is 2.63. The minimum absolute atomic E-state index is 0.00905. The maximum atomic E-state index is 11.7. The molecule has 16 heavy (non-hydrogen) atoms. The fourth-order valence-electron chi connectivity index (χ4n) is 1.72. The van der Waals surface area contributed by atoms with Crippen LogP contribution in [0.25, 0.3) is 0 Å². The zero-order valence-corrected chi connectivity index (χ0v) is 9.22. The van der Waals surface area contributed by atoms with Gasteiger partial charge in [0.1, 0.15) is 6.61 Å². The second kappa shape index (κ2) is 5.77. The lowest BCUT2D eigenvalue weighted by Gasteiger charge is -2.22. The van der Waals surface area contributed by atoms with Crippen LogP contribution in [0.3, 0.4) is 0 Å². The van der Waals surface area contributed by atoms with Crippen LogP contribution >= 0.6 is 0 Å². The minimum Gasteiger partial charge on any atom is -0.353 e. The van der Waals surface area contributed by atoms with Crippen molar-refractivity contribution in [2.75, 3.05) is 13.2 Å². The van der Waals surface area contributed by atoms with Crippen molar-refractivity contribution in [1.29, 1.82) is 0 Å². The molecule has 1 aromatic rings. The molecule has 1 atom stereocenters. The van der Waals surface area contributed by atoms with Gasteiger partial charge in [0.15, 0.2) is 12.1 Å². The van der Waals surface area contributed by atoms with Gasteiger partial charge in [-0.1, -0.05) is 30.3 Å². The summed E-state index contributed by atoms with van der Waals surface area (Å²) < 4.78 is 10.8. The van der Waals surface area contributed by atoms with E-state index >= 15 is 0 Å². The van der Waals surface area contributed by atoms with Crippen molar-refractivity contribution in [3.05, 3.63) is 35.9 Å². The lowest BCUT2D eigenvalue weighted by Crippen LogP contribution is -2.25. The molecule has 1 unspecified atom stereocenters. The Labute approximate surface area is 95.4 Å². The molecule has 3 heteroatoms. The predicted octanol–water partition coefficient (Wildman–Crippen LogP) is 2.41. The highest BCUT2D eigenvalue weighted by molar-refractivity contribution is 5.96. The van der Waals surface area contributed by atoms with E-state index in [9.17, 15) is 4.79 Å². The van der Waals surface area contributed by atoms with E-state index in [1.165, 1.54) is 0 Å². The van der Waals surface area contributed by atoms with E-state index < -0.39 is 0 Å². The Hall–Kier alpha value is -1.19. The number of benzene rings is 1. The van der Waals surface area contributed by atoms with Gasteiger partial charge in [-0.15, -0.1) is 0 Å². The largest absolute Gasteiger partial charge is 0.353 e. The zero-order valence-electron chi connectivity index (χ0n) is 9.22. The van der Waals surface area contributed by atoms with Crippen LogP contribution in [0.5, 0.6) is 0 Å². The van der Waals surface area contributed by atoms with Crippen LogP contribution in [-0.4, -0.2) is 25.3 Å². The molecule has 0 bridgehead atoms. The maximum absolute atomic E-state index is 11.7. The van der Waals surface area contributed by atoms with Gasteiger partial charge in [0.25, 0.3) is 0 Å². The SMILES string of the molecule is O=C(COC1CCCCO1)c1ccccc1. The molecule has 0 aliphatic carbocycles. The van der Waals surface area contributed by atoms with E-state index in [-0.39, 0.29) is 18.7 Å². The normalized spacial score (nSPS) is 20.6. The van der Waals surface area contributed by atoms with Crippen LogP contribution in [0.15, 0.2) is 30.3 Å². The molecule has 1 saturated heterocycles. The highest BCUT2D eigenvalue weighted by Gasteiger charge is 2.15. The summed E-state index contributed by atoms with van der Waals surface area (Å²) in [7, 11) is 0. The van der Waals surface area contributed by atoms with Crippen LogP contribution in [0.4, 0.5) is 0 Å². The first-order valence-corrected chi connectivity index (χ1v) is 5.68. The Bertz CT molecular complexity index is 328. The van der Waals surface area contributed by atoms with Gasteiger partial charge < -0.3 is 9.47 Å². The minimum atomic E-state index is -0.193. The molecule has 1 fully saturated rings. The predicted molar refractivity (Wildman–Crippen MR) is 60.3 cm³/mol. The molecule has 0 aromatic heterocycles. The van der Waals surface area contributed by atoms with Crippen molar-refractivity contribution < 1.29 is 14.3 Å². The molecule has 1 aliphatic rings. The average Bonchev–Trinajstić information content (AvgIpc) is 2.38. The Morgan fingerprint density at radius 3 is 2.81 bits per heavy atom. The lowest BCUT2D eigenvalue weighted by atomic mass is 10.1. The molecule has 1 heterocycles. The Kier molecular flexibility index (Phi) is 4.08. The summed E-state index contributed by atoms with van der Waals surface area (Å²) in [5, 5.41) is 0. The first-order valence-electron chi connectivity index (χ1n) is 5.68. The smallest absolute Gasteiger partial charge is 0.188 e. The molecule has 3 nitrogen and oxygen atoms in total. The fourth-order valence-corrected chi connectivity index (χ4v) is 1.72. The summed E-state index contributed by atoms with van der Waals surface area (Å²) in [6.45, 7) is 0.846.